The van der Waals surface area contributed by atoms with Crippen molar-refractivity contribution in [1.29, 1.82) is 0 Å². The normalized spacial score (nSPS) is 14.9. The van der Waals surface area contributed by atoms with Gasteiger partial charge in [-0.3, -0.25) is 19.3 Å². The highest BCUT2D eigenvalue weighted by molar-refractivity contribution is 9.10. The molecule has 1 unspecified atom stereocenters. The van der Waals surface area contributed by atoms with Gasteiger partial charge in [0, 0.05) is 11.4 Å². The van der Waals surface area contributed by atoms with Crippen LogP contribution in [-0.2, 0) is 0 Å². The molecule has 0 saturated heterocycles. The molecule has 0 saturated carbocycles. The number of anilines is 1. The summed E-state index contributed by atoms with van der Waals surface area (Å²) in [4.78, 5) is 46.1. The molecule has 0 N–H and O–H groups in total. The molecule has 0 radical (unpaired) electrons. The van der Waals surface area contributed by atoms with E-state index in [4.69, 9.17) is 9.15 Å². The van der Waals surface area contributed by atoms with Crippen LogP contribution >= 0.6 is 27.3 Å². The standard InChI is InChI=1S/C28H25BrN2O5S/c1-4-5-6-13-35-19-10-7-17(8-11-19)23-22-24(33)20-14-18(29)9-12-21(20)36-25(22)27(34)31(23)28-30-15(2)26(37-28)16(3)32/h7-12,14,23H,4-6,13H2,1-3H3. The fourth-order valence-corrected chi connectivity index (χ4v) is 5.91. The molecule has 1 aliphatic rings. The van der Waals surface area contributed by atoms with Crippen molar-refractivity contribution in [2.45, 2.75) is 46.1 Å². The van der Waals surface area contributed by atoms with Gasteiger partial charge in [0.2, 0.25) is 5.76 Å². The van der Waals surface area contributed by atoms with Crippen LogP contribution in [0.3, 0.4) is 0 Å². The van der Waals surface area contributed by atoms with E-state index in [1.807, 2.05) is 24.3 Å². The van der Waals surface area contributed by atoms with Crippen LogP contribution in [0.2, 0.25) is 0 Å². The Hall–Kier alpha value is -3.30. The maximum Gasteiger partial charge on any atom is 0.297 e. The molecule has 0 spiro atoms. The Morgan fingerprint density at radius 1 is 1.16 bits per heavy atom. The molecule has 2 aromatic heterocycles. The maximum atomic E-state index is 13.8. The van der Waals surface area contributed by atoms with E-state index in [1.165, 1.54) is 11.8 Å². The van der Waals surface area contributed by atoms with Crippen molar-refractivity contribution in [3.05, 3.63) is 84.6 Å². The minimum absolute atomic E-state index is 0.0121. The van der Waals surface area contributed by atoms with Gasteiger partial charge in [-0.25, -0.2) is 4.98 Å². The first-order valence-electron chi connectivity index (χ1n) is 12.1. The van der Waals surface area contributed by atoms with Gasteiger partial charge in [-0.1, -0.05) is 59.2 Å². The number of unbranched alkanes of at least 4 members (excludes halogenated alkanes) is 2. The molecule has 1 atom stereocenters. The van der Waals surface area contributed by atoms with E-state index in [9.17, 15) is 14.4 Å². The third-order valence-electron chi connectivity index (χ3n) is 6.36. The van der Waals surface area contributed by atoms with Crippen molar-refractivity contribution in [2.24, 2.45) is 0 Å². The lowest BCUT2D eigenvalue weighted by atomic mass is 9.98. The van der Waals surface area contributed by atoms with E-state index in [0.717, 1.165) is 40.8 Å². The average molecular weight is 581 g/mol. The number of ketones is 1. The van der Waals surface area contributed by atoms with Crippen molar-refractivity contribution < 1.29 is 18.7 Å². The Bertz CT molecular complexity index is 1570. The molecule has 9 heteroatoms. The summed E-state index contributed by atoms with van der Waals surface area (Å²) in [6.07, 6.45) is 3.19. The highest BCUT2D eigenvalue weighted by Gasteiger charge is 2.45. The molecule has 0 fully saturated rings. The van der Waals surface area contributed by atoms with Gasteiger partial charge < -0.3 is 9.15 Å². The molecule has 4 aromatic rings. The number of ether oxygens (including phenoxy) is 1. The number of rotatable bonds is 8. The lowest BCUT2D eigenvalue weighted by molar-refractivity contribution is 0.0969. The molecule has 2 aromatic carbocycles. The molecular formula is C28H25BrN2O5S. The van der Waals surface area contributed by atoms with Gasteiger partial charge in [0.25, 0.3) is 5.91 Å². The Kier molecular flexibility index (Phi) is 7.00. The molecule has 3 heterocycles. The number of thiazole rings is 1. The number of Topliss-reactive ketones (excluding diaryl/α,β-unsaturated/α-hetero) is 1. The summed E-state index contributed by atoms with van der Waals surface area (Å²) in [5.41, 5.74) is 1.56. The summed E-state index contributed by atoms with van der Waals surface area (Å²) in [6.45, 7) is 5.97. The lowest BCUT2D eigenvalue weighted by Gasteiger charge is -2.22. The smallest absolute Gasteiger partial charge is 0.297 e. The van der Waals surface area contributed by atoms with E-state index in [-0.39, 0.29) is 22.5 Å². The predicted octanol–water partition coefficient (Wildman–Crippen LogP) is 6.84. The van der Waals surface area contributed by atoms with Crippen LogP contribution in [0, 0.1) is 6.92 Å². The van der Waals surface area contributed by atoms with E-state index >= 15 is 0 Å². The first kappa shape index (κ1) is 25.4. The molecule has 0 bridgehead atoms. The highest BCUT2D eigenvalue weighted by Crippen LogP contribution is 2.43. The van der Waals surface area contributed by atoms with E-state index in [1.54, 1.807) is 25.1 Å². The topological polar surface area (TPSA) is 89.7 Å². The second-order valence-electron chi connectivity index (χ2n) is 8.98. The number of hydrogen-bond donors (Lipinski definition) is 0. The van der Waals surface area contributed by atoms with Crippen molar-refractivity contribution in [1.82, 2.24) is 4.98 Å². The third kappa shape index (κ3) is 4.62. The Balaban J connectivity index is 1.64. The van der Waals surface area contributed by atoms with Crippen LogP contribution in [0.15, 0.2) is 56.1 Å². The summed E-state index contributed by atoms with van der Waals surface area (Å²) in [7, 11) is 0. The van der Waals surface area contributed by atoms with Crippen molar-refractivity contribution >= 4 is 55.1 Å². The quantitative estimate of drug-likeness (QED) is 0.167. The fraction of sp³-hybridized carbons (Fsp3) is 0.286. The SMILES string of the molecule is CCCCCOc1ccc(C2c3c(oc4ccc(Br)cc4c3=O)C(=O)N2c2nc(C)c(C(C)=O)s2)cc1. The Labute approximate surface area is 226 Å². The summed E-state index contributed by atoms with van der Waals surface area (Å²) in [5, 5.41) is 0.719. The largest absolute Gasteiger partial charge is 0.494 e. The Morgan fingerprint density at radius 3 is 2.59 bits per heavy atom. The summed E-state index contributed by atoms with van der Waals surface area (Å²) in [5.74, 6) is 0.110. The number of aryl methyl sites for hydroxylation is 1. The number of halogens is 1. The third-order valence-corrected chi connectivity index (χ3v) is 8.11. The summed E-state index contributed by atoms with van der Waals surface area (Å²) >= 11 is 4.56. The van der Waals surface area contributed by atoms with E-state index in [2.05, 4.69) is 27.8 Å². The first-order chi connectivity index (χ1) is 17.8. The number of carbonyl (C=O) groups is 2. The number of nitrogens with zero attached hydrogens (tertiary/aromatic N) is 2. The lowest BCUT2D eigenvalue weighted by Crippen LogP contribution is -2.29. The van der Waals surface area contributed by atoms with Crippen LogP contribution in [0.5, 0.6) is 5.75 Å². The van der Waals surface area contributed by atoms with Crippen LogP contribution in [0.1, 0.15) is 76.2 Å². The zero-order chi connectivity index (χ0) is 26.3. The van der Waals surface area contributed by atoms with E-state index < -0.39 is 11.9 Å². The molecule has 1 aliphatic heterocycles. The zero-order valence-corrected chi connectivity index (χ0v) is 23.1. The fourth-order valence-electron chi connectivity index (χ4n) is 4.56. The number of aromatic nitrogens is 1. The van der Waals surface area contributed by atoms with Gasteiger partial charge in [-0.05, 0) is 49.2 Å². The van der Waals surface area contributed by atoms with Crippen molar-refractivity contribution in [2.75, 3.05) is 11.5 Å². The van der Waals surface area contributed by atoms with E-state index in [0.29, 0.717) is 38.8 Å². The maximum absolute atomic E-state index is 13.8. The number of amides is 1. The minimum Gasteiger partial charge on any atom is -0.494 e. The van der Waals surface area contributed by atoms with Gasteiger partial charge in [-0.15, -0.1) is 0 Å². The number of fused-ring (bicyclic) bond motifs is 2. The molecule has 190 valence electrons. The summed E-state index contributed by atoms with van der Waals surface area (Å²) < 4.78 is 12.6. The molecule has 7 nitrogen and oxygen atoms in total. The van der Waals surface area contributed by atoms with Gasteiger partial charge >= 0.3 is 0 Å². The molecule has 5 rings (SSSR count). The number of benzene rings is 2. The number of carbonyl (C=O) groups excluding carboxylic acids is 2. The summed E-state index contributed by atoms with van der Waals surface area (Å²) in [6, 6.07) is 11.7. The van der Waals surface area contributed by atoms with Gasteiger partial charge in [0.1, 0.15) is 11.3 Å². The van der Waals surface area contributed by atoms with Crippen LogP contribution < -0.4 is 15.1 Å². The van der Waals surface area contributed by atoms with Crippen molar-refractivity contribution in [3.8, 4) is 5.75 Å². The average Bonchev–Trinajstić information content (AvgIpc) is 3.40. The Morgan fingerprint density at radius 2 is 1.92 bits per heavy atom. The molecule has 0 aliphatic carbocycles. The molecule has 1 amide bonds. The molecular weight excluding hydrogens is 556 g/mol. The second kappa shape index (κ2) is 10.2. The van der Waals surface area contributed by atoms with Crippen LogP contribution in [-0.4, -0.2) is 23.3 Å². The van der Waals surface area contributed by atoms with Crippen LogP contribution in [0.4, 0.5) is 5.13 Å². The van der Waals surface area contributed by atoms with Crippen LogP contribution in [0.25, 0.3) is 11.0 Å². The monoisotopic (exact) mass is 580 g/mol. The zero-order valence-electron chi connectivity index (χ0n) is 20.7. The molecule has 37 heavy (non-hydrogen) atoms. The number of hydrogen-bond acceptors (Lipinski definition) is 7. The van der Waals surface area contributed by atoms with Gasteiger partial charge in [0.05, 0.1) is 34.2 Å². The van der Waals surface area contributed by atoms with Gasteiger partial charge in [-0.2, -0.15) is 0 Å². The predicted molar refractivity (Wildman–Crippen MR) is 147 cm³/mol. The minimum atomic E-state index is -0.762. The van der Waals surface area contributed by atoms with Crippen molar-refractivity contribution in [3.63, 3.8) is 0 Å². The second-order valence-corrected chi connectivity index (χ2v) is 10.9. The highest BCUT2D eigenvalue weighted by atomic mass is 79.9. The first-order valence-corrected chi connectivity index (χ1v) is 13.7. The van der Waals surface area contributed by atoms with Gasteiger partial charge in [0.15, 0.2) is 16.3 Å².